The number of methoxy groups -OCH3 is 1. The third kappa shape index (κ3) is 2.78. The lowest BCUT2D eigenvalue weighted by Crippen LogP contribution is -2.17. The van der Waals surface area contributed by atoms with Gasteiger partial charge in [0, 0.05) is 13.0 Å². The number of hydrogen-bond donors (Lipinski definition) is 1. The van der Waals surface area contributed by atoms with Crippen LogP contribution in [0.25, 0.3) is 0 Å². The zero-order chi connectivity index (χ0) is 14.8. The fourth-order valence-corrected chi connectivity index (χ4v) is 3.66. The first kappa shape index (κ1) is 14.8. The molecule has 0 radical (unpaired) electrons. The van der Waals surface area contributed by atoms with E-state index in [0.717, 1.165) is 23.0 Å². The highest BCUT2D eigenvalue weighted by atomic mass is 79.9. The van der Waals surface area contributed by atoms with E-state index in [9.17, 15) is 5.11 Å². The summed E-state index contributed by atoms with van der Waals surface area (Å²) in [6, 6.07) is 8.38. The summed E-state index contributed by atoms with van der Waals surface area (Å²) in [6.45, 7) is 1.22. The van der Waals surface area contributed by atoms with E-state index in [4.69, 9.17) is 4.74 Å². The molecule has 5 heteroatoms. The first-order valence-electron chi connectivity index (χ1n) is 7.18. The molecule has 2 unspecified atom stereocenters. The van der Waals surface area contributed by atoms with Crippen LogP contribution in [-0.4, -0.2) is 28.6 Å². The summed E-state index contributed by atoms with van der Waals surface area (Å²) in [5.74, 6) is 0.135. The summed E-state index contributed by atoms with van der Waals surface area (Å²) in [7, 11) is 1.67. The third-order valence-corrected chi connectivity index (χ3v) is 4.79. The molecule has 3 rings (SSSR count). The van der Waals surface area contributed by atoms with Gasteiger partial charge in [-0.25, -0.2) is 0 Å². The number of rotatable bonds is 5. The van der Waals surface area contributed by atoms with Crippen molar-refractivity contribution in [2.24, 2.45) is 0 Å². The fraction of sp³-hybridized carbons (Fsp3) is 0.438. The van der Waals surface area contributed by atoms with Crippen molar-refractivity contribution in [2.75, 3.05) is 13.7 Å². The van der Waals surface area contributed by atoms with Gasteiger partial charge in [0.1, 0.15) is 6.10 Å². The van der Waals surface area contributed by atoms with E-state index < -0.39 is 6.10 Å². The van der Waals surface area contributed by atoms with Gasteiger partial charge in [-0.05, 0) is 39.9 Å². The summed E-state index contributed by atoms with van der Waals surface area (Å²) < 4.78 is 7.80. The maximum Gasteiger partial charge on any atom is 0.104 e. The quantitative estimate of drug-likeness (QED) is 0.901. The Morgan fingerprint density at radius 1 is 1.48 bits per heavy atom. The van der Waals surface area contributed by atoms with Gasteiger partial charge in [-0.15, -0.1) is 0 Å². The summed E-state index contributed by atoms with van der Waals surface area (Å²) in [5, 5.41) is 15.2. The first-order chi connectivity index (χ1) is 10.2. The monoisotopic (exact) mass is 350 g/mol. The van der Waals surface area contributed by atoms with Crippen molar-refractivity contribution in [3.05, 3.63) is 51.8 Å². The molecule has 1 heterocycles. The van der Waals surface area contributed by atoms with Crippen LogP contribution in [0.2, 0.25) is 0 Å². The molecule has 1 aromatic carbocycles. The Balaban J connectivity index is 1.89. The van der Waals surface area contributed by atoms with Crippen LogP contribution in [0, 0.1) is 0 Å². The van der Waals surface area contributed by atoms with Gasteiger partial charge < -0.3 is 9.84 Å². The van der Waals surface area contributed by atoms with Gasteiger partial charge in [-0.2, -0.15) is 5.10 Å². The maximum atomic E-state index is 10.9. The molecule has 0 bridgehead atoms. The lowest BCUT2D eigenvalue weighted by molar-refractivity contribution is 0.127. The van der Waals surface area contributed by atoms with Crippen molar-refractivity contribution in [3.8, 4) is 0 Å². The van der Waals surface area contributed by atoms with E-state index in [1.165, 1.54) is 11.1 Å². The molecule has 0 saturated carbocycles. The molecule has 0 saturated heterocycles. The van der Waals surface area contributed by atoms with Crippen LogP contribution in [0.5, 0.6) is 0 Å². The minimum Gasteiger partial charge on any atom is -0.386 e. The van der Waals surface area contributed by atoms with Crippen molar-refractivity contribution >= 4 is 15.9 Å². The highest BCUT2D eigenvalue weighted by Crippen LogP contribution is 2.43. The molecule has 4 nitrogen and oxygen atoms in total. The largest absolute Gasteiger partial charge is 0.386 e. The van der Waals surface area contributed by atoms with E-state index >= 15 is 0 Å². The van der Waals surface area contributed by atoms with Crippen LogP contribution < -0.4 is 0 Å². The molecule has 1 aliphatic rings. The van der Waals surface area contributed by atoms with E-state index in [1.807, 2.05) is 10.7 Å². The average Bonchev–Trinajstić information content (AvgIpc) is 3.08. The maximum absolute atomic E-state index is 10.9. The van der Waals surface area contributed by atoms with Crippen LogP contribution in [0.3, 0.4) is 0 Å². The van der Waals surface area contributed by atoms with E-state index in [1.54, 1.807) is 13.3 Å². The second-order valence-electron chi connectivity index (χ2n) is 5.38. The highest BCUT2D eigenvalue weighted by Gasteiger charge is 2.32. The molecule has 2 atom stereocenters. The minimum atomic E-state index is -0.553. The van der Waals surface area contributed by atoms with Gasteiger partial charge in [0.05, 0.1) is 29.5 Å². The number of aliphatic hydroxyl groups is 1. The fourth-order valence-electron chi connectivity index (χ4n) is 3.13. The van der Waals surface area contributed by atoms with Gasteiger partial charge >= 0.3 is 0 Å². The highest BCUT2D eigenvalue weighted by molar-refractivity contribution is 9.10. The second-order valence-corrected chi connectivity index (χ2v) is 6.24. The number of nitrogens with zero attached hydrogens (tertiary/aromatic N) is 2. The Bertz CT molecular complexity index is 626. The van der Waals surface area contributed by atoms with Crippen LogP contribution in [0.1, 0.15) is 35.3 Å². The number of benzene rings is 1. The molecular weight excluding hydrogens is 332 g/mol. The third-order valence-electron chi connectivity index (χ3n) is 4.18. The normalized spacial score (nSPS) is 18.7. The van der Waals surface area contributed by atoms with Gasteiger partial charge in [-0.3, -0.25) is 4.68 Å². The van der Waals surface area contributed by atoms with Crippen molar-refractivity contribution in [1.29, 1.82) is 0 Å². The topological polar surface area (TPSA) is 47.3 Å². The molecular formula is C16H19BrN2O2. The van der Waals surface area contributed by atoms with Gasteiger partial charge in [-0.1, -0.05) is 24.3 Å². The van der Waals surface area contributed by atoms with Crippen molar-refractivity contribution < 1.29 is 9.84 Å². The molecule has 2 aromatic rings. The number of fused-ring (bicyclic) bond motifs is 1. The molecule has 1 aromatic heterocycles. The molecule has 0 aliphatic heterocycles. The summed E-state index contributed by atoms with van der Waals surface area (Å²) >= 11 is 3.51. The Morgan fingerprint density at radius 3 is 3.10 bits per heavy atom. The number of ether oxygens (including phenoxy) is 1. The van der Waals surface area contributed by atoms with Gasteiger partial charge in [0.2, 0.25) is 0 Å². The average molecular weight is 351 g/mol. The Hall–Kier alpha value is -1.17. The zero-order valence-corrected chi connectivity index (χ0v) is 13.6. The van der Waals surface area contributed by atoms with Crippen LogP contribution >= 0.6 is 15.9 Å². The van der Waals surface area contributed by atoms with Gasteiger partial charge in [0.15, 0.2) is 0 Å². The van der Waals surface area contributed by atoms with Crippen LogP contribution in [0.15, 0.2) is 34.9 Å². The molecule has 0 spiro atoms. The molecule has 0 fully saturated rings. The number of halogens is 1. The van der Waals surface area contributed by atoms with E-state index in [2.05, 4.69) is 39.2 Å². The zero-order valence-electron chi connectivity index (χ0n) is 12.0. The molecule has 21 heavy (non-hydrogen) atoms. The standard InChI is InChI=1S/C16H19BrN2O2/c1-21-9-8-19-15(14(17)10-18-19)16(20)13-7-6-11-4-2-3-5-12(11)13/h2-5,10,13,16,20H,6-9H2,1H3. The molecule has 112 valence electrons. The number of hydrogen-bond acceptors (Lipinski definition) is 3. The lowest BCUT2D eigenvalue weighted by Gasteiger charge is -2.21. The molecule has 1 aliphatic carbocycles. The van der Waals surface area contributed by atoms with Crippen LogP contribution in [0.4, 0.5) is 0 Å². The Labute approximate surface area is 132 Å². The van der Waals surface area contributed by atoms with Crippen molar-refractivity contribution in [1.82, 2.24) is 9.78 Å². The number of aryl methyl sites for hydroxylation is 1. The second kappa shape index (κ2) is 6.30. The predicted octanol–water partition coefficient (Wildman–Crippen LogP) is 3.06. The Kier molecular flexibility index (Phi) is 4.42. The smallest absolute Gasteiger partial charge is 0.104 e. The SMILES string of the molecule is COCCn1ncc(Br)c1C(O)C1CCc2ccccc21. The molecule has 0 amide bonds. The minimum absolute atomic E-state index is 0.135. The van der Waals surface area contributed by atoms with Gasteiger partial charge in [0.25, 0.3) is 0 Å². The summed E-state index contributed by atoms with van der Waals surface area (Å²) in [4.78, 5) is 0. The summed E-state index contributed by atoms with van der Waals surface area (Å²) in [5.41, 5.74) is 3.45. The van der Waals surface area contributed by atoms with Crippen LogP contribution in [-0.2, 0) is 17.7 Å². The number of aromatic nitrogens is 2. The predicted molar refractivity (Wildman–Crippen MR) is 84.3 cm³/mol. The first-order valence-corrected chi connectivity index (χ1v) is 7.97. The van der Waals surface area contributed by atoms with Crippen molar-refractivity contribution in [2.45, 2.75) is 31.4 Å². The molecule has 1 N–H and O–H groups in total. The number of aliphatic hydroxyl groups excluding tert-OH is 1. The Morgan fingerprint density at radius 2 is 2.29 bits per heavy atom. The lowest BCUT2D eigenvalue weighted by atomic mass is 9.93. The van der Waals surface area contributed by atoms with E-state index in [0.29, 0.717) is 13.2 Å². The summed E-state index contributed by atoms with van der Waals surface area (Å²) in [6.07, 6.45) is 3.20. The van der Waals surface area contributed by atoms with Crippen molar-refractivity contribution in [3.63, 3.8) is 0 Å². The van der Waals surface area contributed by atoms with E-state index in [-0.39, 0.29) is 5.92 Å².